The second-order valence-corrected chi connectivity index (χ2v) is 5.92. The third kappa shape index (κ3) is 6.03. The second-order valence-electron chi connectivity index (χ2n) is 4.86. The Morgan fingerprint density at radius 2 is 2.13 bits per heavy atom. The highest BCUT2D eigenvalue weighted by molar-refractivity contribution is 7.15. The van der Waals surface area contributed by atoms with Gasteiger partial charge in [0.05, 0.1) is 13.0 Å². The first-order valence-corrected chi connectivity index (χ1v) is 7.88. The predicted octanol–water partition coefficient (Wildman–Crippen LogP) is 2.27. The summed E-state index contributed by atoms with van der Waals surface area (Å²) in [6.07, 6.45) is 0.291. The first-order chi connectivity index (χ1) is 11.0. The lowest BCUT2D eigenvalue weighted by Crippen LogP contribution is -2.12. The smallest absolute Gasteiger partial charge is 0.303 e. The van der Waals surface area contributed by atoms with Crippen molar-refractivity contribution in [3.63, 3.8) is 0 Å². The fourth-order valence-electron chi connectivity index (χ4n) is 1.77. The standard InChI is InChI=1S/C15H17N3O4S/c1-10-3-2-4-11(9-10)22-8-7-13-17-18-15(23-13)16-12(19)5-6-14(20)21/h2-4,9H,5-8H2,1H3,(H,20,21)(H,16,18,19). The van der Waals surface area contributed by atoms with E-state index in [9.17, 15) is 9.59 Å². The summed E-state index contributed by atoms with van der Waals surface area (Å²) in [7, 11) is 0. The van der Waals surface area contributed by atoms with Gasteiger partial charge in [0.2, 0.25) is 11.0 Å². The first kappa shape index (κ1) is 16.9. The van der Waals surface area contributed by atoms with Crippen molar-refractivity contribution >= 4 is 28.3 Å². The maximum absolute atomic E-state index is 11.5. The number of ether oxygens (including phenoxy) is 1. The van der Waals surface area contributed by atoms with Crippen LogP contribution in [-0.2, 0) is 16.0 Å². The van der Waals surface area contributed by atoms with Crippen LogP contribution in [-0.4, -0.2) is 33.8 Å². The highest BCUT2D eigenvalue weighted by Gasteiger charge is 2.10. The van der Waals surface area contributed by atoms with E-state index in [0.717, 1.165) is 16.3 Å². The Morgan fingerprint density at radius 1 is 1.30 bits per heavy atom. The second kappa shape index (κ2) is 8.23. The Kier molecular flexibility index (Phi) is 6.04. The van der Waals surface area contributed by atoms with Crippen molar-refractivity contribution in [3.8, 4) is 5.75 Å². The number of nitrogens with one attached hydrogen (secondary N) is 1. The number of aryl methyl sites for hydroxylation is 1. The van der Waals surface area contributed by atoms with E-state index in [1.807, 2.05) is 31.2 Å². The van der Waals surface area contributed by atoms with E-state index >= 15 is 0 Å². The fraction of sp³-hybridized carbons (Fsp3) is 0.333. The van der Waals surface area contributed by atoms with Gasteiger partial charge < -0.3 is 15.2 Å². The summed E-state index contributed by atoms with van der Waals surface area (Å²) in [5, 5.41) is 20.0. The minimum Gasteiger partial charge on any atom is -0.493 e. The van der Waals surface area contributed by atoms with Gasteiger partial charge in [0.25, 0.3) is 0 Å². The molecule has 7 nitrogen and oxygen atoms in total. The highest BCUT2D eigenvalue weighted by atomic mass is 32.1. The van der Waals surface area contributed by atoms with Crippen LogP contribution in [0, 0.1) is 6.92 Å². The number of anilines is 1. The SMILES string of the molecule is Cc1cccc(OCCc2nnc(NC(=O)CCC(=O)O)s2)c1. The van der Waals surface area contributed by atoms with Gasteiger partial charge in [-0.05, 0) is 24.6 Å². The molecule has 2 N–H and O–H groups in total. The van der Waals surface area contributed by atoms with E-state index in [-0.39, 0.29) is 18.7 Å². The quantitative estimate of drug-likeness (QED) is 0.767. The predicted molar refractivity (Wildman–Crippen MR) is 85.8 cm³/mol. The van der Waals surface area contributed by atoms with Crippen molar-refractivity contribution < 1.29 is 19.4 Å². The summed E-state index contributed by atoms with van der Waals surface area (Å²) in [5.74, 6) is -0.589. The lowest BCUT2D eigenvalue weighted by Gasteiger charge is -2.04. The van der Waals surface area contributed by atoms with Gasteiger partial charge in [0, 0.05) is 12.8 Å². The maximum Gasteiger partial charge on any atom is 0.303 e. The van der Waals surface area contributed by atoms with Crippen LogP contribution < -0.4 is 10.1 Å². The molecule has 0 saturated heterocycles. The molecule has 0 radical (unpaired) electrons. The highest BCUT2D eigenvalue weighted by Crippen LogP contribution is 2.17. The van der Waals surface area contributed by atoms with Crippen LogP contribution in [0.25, 0.3) is 0 Å². The molecule has 0 aliphatic rings. The van der Waals surface area contributed by atoms with Crippen molar-refractivity contribution in [2.45, 2.75) is 26.2 Å². The Morgan fingerprint density at radius 3 is 2.87 bits per heavy atom. The molecule has 0 saturated carbocycles. The van der Waals surface area contributed by atoms with Crippen LogP contribution >= 0.6 is 11.3 Å². The minimum atomic E-state index is -1.01. The van der Waals surface area contributed by atoms with Gasteiger partial charge >= 0.3 is 5.97 Å². The number of carboxylic acids is 1. The normalized spacial score (nSPS) is 10.3. The largest absolute Gasteiger partial charge is 0.493 e. The number of hydrogen-bond acceptors (Lipinski definition) is 6. The summed E-state index contributed by atoms with van der Waals surface area (Å²) in [4.78, 5) is 21.9. The van der Waals surface area contributed by atoms with Crippen LogP contribution in [0.4, 0.5) is 5.13 Å². The zero-order chi connectivity index (χ0) is 16.7. The third-order valence-electron chi connectivity index (χ3n) is 2.85. The van der Waals surface area contributed by atoms with Crippen LogP contribution in [0.1, 0.15) is 23.4 Å². The Balaban J connectivity index is 1.76. The molecule has 0 fully saturated rings. The summed E-state index contributed by atoms with van der Waals surface area (Å²) in [6.45, 7) is 2.46. The van der Waals surface area contributed by atoms with Crippen molar-refractivity contribution in [3.05, 3.63) is 34.8 Å². The molecule has 1 heterocycles. The number of aliphatic carboxylic acids is 1. The molecule has 2 aromatic rings. The molecule has 0 aliphatic carbocycles. The molecule has 0 spiro atoms. The Labute approximate surface area is 137 Å². The zero-order valence-corrected chi connectivity index (χ0v) is 13.4. The fourth-order valence-corrected chi connectivity index (χ4v) is 2.51. The molecule has 122 valence electrons. The number of nitrogens with zero attached hydrogens (tertiary/aromatic N) is 2. The summed E-state index contributed by atoms with van der Waals surface area (Å²) >= 11 is 1.25. The van der Waals surface area contributed by atoms with Crippen LogP contribution in [0.3, 0.4) is 0 Å². The van der Waals surface area contributed by atoms with E-state index in [4.69, 9.17) is 9.84 Å². The zero-order valence-electron chi connectivity index (χ0n) is 12.6. The molecule has 1 aromatic carbocycles. The van der Waals surface area contributed by atoms with Gasteiger partial charge in [-0.2, -0.15) is 0 Å². The summed E-state index contributed by atoms with van der Waals surface area (Å²) in [6, 6.07) is 7.77. The van der Waals surface area contributed by atoms with E-state index in [1.54, 1.807) is 0 Å². The van der Waals surface area contributed by atoms with Crippen molar-refractivity contribution in [2.24, 2.45) is 0 Å². The van der Waals surface area contributed by atoms with Gasteiger partial charge in [0.15, 0.2) is 0 Å². The van der Waals surface area contributed by atoms with Crippen molar-refractivity contribution in [2.75, 3.05) is 11.9 Å². The number of benzene rings is 1. The number of rotatable bonds is 8. The molecule has 1 aromatic heterocycles. The lowest BCUT2D eigenvalue weighted by molar-refractivity contribution is -0.138. The van der Waals surface area contributed by atoms with Crippen molar-refractivity contribution in [1.29, 1.82) is 0 Å². The lowest BCUT2D eigenvalue weighted by atomic mass is 10.2. The molecule has 0 bridgehead atoms. The number of amides is 1. The molecule has 2 rings (SSSR count). The van der Waals surface area contributed by atoms with Gasteiger partial charge in [-0.1, -0.05) is 23.5 Å². The van der Waals surface area contributed by atoms with E-state index in [0.29, 0.717) is 18.2 Å². The molecular formula is C15H17N3O4S. The average Bonchev–Trinajstić information content (AvgIpc) is 2.93. The maximum atomic E-state index is 11.5. The molecule has 23 heavy (non-hydrogen) atoms. The van der Waals surface area contributed by atoms with Gasteiger partial charge in [-0.15, -0.1) is 10.2 Å². The molecular weight excluding hydrogens is 318 g/mol. The molecule has 0 unspecified atom stereocenters. The number of carbonyl (C=O) groups is 2. The van der Waals surface area contributed by atoms with Crippen LogP contribution in [0.15, 0.2) is 24.3 Å². The summed E-state index contributed by atoms with van der Waals surface area (Å²) < 4.78 is 5.63. The minimum absolute atomic E-state index is 0.0826. The van der Waals surface area contributed by atoms with Crippen molar-refractivity contribution in [1.82, 2.24) is 10.2 Å². The van der Waals surface area contributed by atoms with Gasteiger partial charge in [0.1, 0.15) is 10.8 Å². The van der Waals surface area contributed by atoms with E-state index in [1.165, 1.54) is 11.3 Å². The number of carboxylic acid groups (broad SMARTS) is 1. The monoisotopic (exact) mass is 335 g/mol. The van der Waals surface area contributed by atoms with Gasteiger partial charge in [-0.25, -0.2) is 0 Å². The van der Waals surface area contributed by atoms with Crippen LogP contribution in [0.5, 0.6) is 5.75 Å². The molecule has 8 heteroatoms. The third-order valence-corrected chi connectivity index (χ3v) is 3.75. The van der Waals surface area contributed by atoms with E-state index < -0.39 is 5.97 Å². The first-order valence-electron chi connectivity index (χ1n) is 7.06. The Bertz CT molecular complexity index is 687. The number of carbonyl (C=O) groups excluding carboxylic acids is 1. The van der Waals surface area contributed by atoms with Gasteiger partial charge in [-0.3, -0.25) is 9.59 Å². The Hall–Kier alpha value is -2.48. The molecule has 0 aliphatic heterocycles. The molecule has 0 atom stereocenters. The summed E-state index contributed by atoms with van der Waals surface area (Å²) in [5.41, 5.74) is 1.13. The molecule has 1 amide bonds. The van der Waals surface area contributed by atoms with E-state index in [2.05, 4.69) is 15.5 Å². The topological polar surface area (TPSA) is 101 Å². The average molecular weight is 335 g/mol. The number of hydrogen-bond donors (Lipinski definition) is 2. The van der Waals surface area contributed by atoms with Crippen LogP contribution in [0.2, 0.25) is 0 Å². The number of aromatic nitrogens is 2.